The molecule has 2 aromatic rings. The highest BCUT2D eigenvalue weighted by molar-refractivity contribution is 6.02. The maximum Gasteiger partial charge on any atom is 0.299 e. The van der Waals surface area contributed by atoms with Gasteiger partial charge in [-0.1, -0.05) is 12.1 Å². The molecule has 86 valence electrons. The molecule has 0 spiro atoms. The van der Waals surface area contributed by atoms with Crippen molar-refractivity contribution >= 4 is 27.9 Å². The first-order valence-corrected chi connectivity index (χ1v) is 4.98. The largest absolute Gasteiger partial charge is 0.393 e. The summed E-state index contributed by atoms with van der Waals surface area (Å²) in [7, 11) is 0. The lowest BCUT2D eigenvalue weighted by Crippen LogP contribution is -1.97. The van der Waals surface area contributed by atoms with Crippen molar-refractivity contribution in [2.45, 2.75) is 6.92 Å². The molecule has 0 aliphatic carbocycles. The molecule has 5 nitrogen and oxygen atoms in total. The minimum atomic E-state index is -0.509. The number of anilines is 1. The van der Waals surface area contributed by atoms with Gasteiger partial charge in [0.1, 0.15) is 5.69 Å². The van der Waals surface area contributed by atoms with Crippen molar-refractivity contribution in [1.82, 2.24) is 0 Å². The molecule has 2 aromatic carbocycles. The number of nitro groups is 1. The molecule has 5 heteroatoms. The van der Waals surface area contributed by atoms with Crippen molar-refractivity contribution < 1.29 is 9.72 Å². The molecule has 17 heavy (non-hydrogen) atoms. The number of nitro benzene ring substituents is 1. The van der Waals surface area contributed by atoms with E-state index in [-0.39, 0.29) is 17.2 Å². The van der Waals surface area contributed by atoms with Crippen LogP contribution >= 0.6 is 0 Å². The first-order chi connectivity index (χ1) is 8.00. The molecule has 0 aromatic heterocycles. The van der Waals surface area contributed by atoms with Crippen LogP contribution in [0.4, 0.5) is 11.4 Å². The van der Waals surface area contributed by atoms with E-state index in [0.29, 0.717) is 16.3 Å². The summed E-state index contributed by atoms with van der Waals surface area (Å²) in [5, 5.41) is 12.0. The van der Waals surface area contributed by atoms with Gasteiger partial charge < -0.3 is 5.73 Å². The summed E-state index contributed by atoms with van der Waals surface area (Å²) in [6.07, 6.45) is 0. The van der Waals surface area contributed by atoms with E-state index < -0.39 is 4.92 Å². The van der Waals surface area contributed by atoms with E-state index in [1.807, 2.05) is 0 Å². The lowest BCUT2D eigenvalue weighted by atomic mass is 10.0. The third-order valence-corrected chi connectivity index (χ3v) is 2.61. The Balaban J connectivity index is 2.79. The third-order valence-electron chi connectivity index (χ3n) is 2.61. The zero-order chi connectivity index (χ0) is 12.6. The van der Waals surface area contributed by atoms with Crippen LogP contribution in [0.1, 0.15) is 17.3 Å². The zero-order valence-corrected chi connectivity index (χ0v) is 9.14. The van der Waals surface area contributed by atoms with Gasteiger partial charge in [0, 0.05) is 5.56 Å². The maximum atomic E-state index is 11.2. The fourth-order valence-electron chi connectivity index (χ4n) is 1.75. The van der Waals surface area contributed by atoms with E-state index in [4.69, 9.17) is 5.73 Å². The molecule has 0 saturated carbocycles. The van der Waals surface area contributed by atoms with Gasteiger partial charge in [0.05, 0.1) is 10.3 Å². The Bertz CT molecular complexity index is 635. The molecule has 0 fully saturated rings. The molecular weight excluding hydrogens is 220 g/mol. The molecule has 0 unspecified atom stereocenters. The van der Waals surface area contributed by atoms with Crippen LogP contribution < -0.4 is 5.73 Å². The smallest absolute Gasteiger partial charge is 0.299 e. The molecule has 2 N–H and O–H groups in total. The number of ketones is 1. The van der Waals surface area contributed by atoms with Crippen LogP contribution in [0.2, 0.25) is 0 Å². The second-order valence-electron chi connectivity index (χ2n) is 3.75. The number of Topliss-reactive ketones (excluding diaryl/α,β-unsaturated/α-hetero) is 1. The number of fused-ring (bicyclic) bond motifs is 1. The number of hydrogen-bond acceptors (Lipinski definition) is 4. The Morgan fingerprint density at radius 2 is 2.00 bits per heavy atom. The SMILES string of the molecule is CC(=O)c1ccc2c([N+](=O)[O-])c(N)ccc2c1. The highest BCUT2D eigenvalue weighted by Crippen LogP contribution is 2.31. The molecule has 0 bridgehead atoms. The van der Waals surface area contributed by atoms with E-state index in [9.17, 15) is 14.9 Å². The van der Waals surface area contributed by atoms with Crippen molar-refractivity contribution in [3.05, 3.63) is 46.0 Å². The van der Waals surface area contributed by atoms with E-state index in [2.05, 4.69) is 0 Å². The van der Waals surface area contributed by atoms with Crippen LogP contribution in [-0.4, -0.2) is 10.7 Å². The highest BCUT2D eigenvalue weighted by Gasteiger charge is 2.16. The average Bonchev–Trinajstić information content (AvgIpc) is 2.27. The lowest BCUT2D eigenvalue weighted by molar-refractivity contribution is -0.382. The summed E-state index contributed by atoms with van der Waals surface area (Å²) < 4.78 is 0. The van der Waals surface area contributed by atoms with Gasteiger partial charge in [-0.3, -0.25) is 14.9 Å². The van der Waals surface area contributed by atoms with Crippen molar-refractivity contribution in [2.24, 2.45) is 0 Å². The van der Waals surface area contributed by atoms with Crippen molar-refractivity contribution in [3.63, 3.8) is 0 Å². The summed E-state index contributed by atoms with van der Waals surface area (Å²) in [6, 6.07) is 7.90. The Morgan fingerprint density at radius 3 is 2.59 bits per heavy atom. The number of carbonyl (C=O) groups excluding carboxylic acids is 1. The van der Waals surface area contributed by atoms with E-state index in [0.717, 1.165) is 0 Å². The first-order valence-electron chi connectivity index (χ1n) is 4.98. The van der Waals surface area contributed by atoms with E-state index >= 15 is 0 Å². The molecular formula is C12H10N2O3. The van der Waals surface area contributed by atoms with E-state index in [1.54, 1.807) is 24.3 Å². The Morgan fingerprint density at radius 1 is 1.29 bits per heavy atom. The summed E-state index contributed by atoms with van der Waals surface area (Å²) in [5.41, 5.74) is 6.11. The van der Waals surface area contributed by atoms with Crippen molar-refractivity contribution in [1.29, 1.82) is 0 Å². The van der Waals surface area contributed by atoms with Gasteiger partial charge in [-0.25, -0.2) is 0 Å². The molecule has 0 amide bonds. The van der Waals surface area contributed by atoms with Crippen LogP contribution in [0, 0.1) is 10.1 Å². The minimum Gasteiger partial charge on any atom is -0.393 e. The quantitative estimate of drug-likeness (QED) is 0.371. The Labute approximate surface area is 97.0 Å². The lowest BCUT2D eigenvalue weighted by Gasteiger charge is -2.03. The number of nitrogen functional groups attached to an aromatic ring is 1. The number of benzene rings is 2. The van der Waals surface area contributed by atoms with Crippen LogP contribution in [0.25, 0.3) is 10.8 Å². The second-order valence-corrected chi connectivity index (χ2v) is 3.75. The predicted molar refractivity (Wildman–Crippen MR) is 65.0 cm³/mol. The fraction of sp³-hybridized carbons (Fsp3) is 0.0833. The van der Waals surface area contributed by atoms with Crippen molar-refractivity contribution in [2.75, 3.05) is 5.73 Å². The minimum absolute atomic E-state index is 0.0774. The number of rotatable bonds is 2. The van der Waals surface area contributed by atoms with Gasteiger partial charge in [0.15, 0.2) is 5.78 Å². The summed E-state index contributed by atoms with van der Waals surface area (Å²) >= 11 is 0. The zero-order valence-electron chi connectivity index (χ0n) is 9.14. The molecule has 0 saturated heterocycles. The van der Waals surface area contributed by atoms with Gasteiger partial charge in [0.2, 0.25) is 0 Å². The monoisotopic (exact) mass is 230 g/mol. The normalized spacial score (nSPS) is 10.4. The molecule has 0 atom stereocenters. The standard InChI is InChI=1S/C12H10N2O3/c1-7(15)8-2-4-10-9(6-8)3-5-11(13)12(10)14(16)17/h2-6H,13H2,1H3. The van der Waals surface area contributed by atoms with Gasteiger partial charge in [-0.2, -0.15) is 0 Å². The molecule has 0 radical (unpaired) electrons. The van der Waals surface area contributed by atoms with Gasteiger partial charge in [0.25, 0.3) is 5.69 Å². The summed E-state index contributed by atoms with van der Waals surface area (Å²) in [5.74, 6) is -0.0774. The topological polar surface area (TPSA) is 86.2 Å². The number of hydrogen-bond donors (Lipinski definition) is 1. The summed E-state index contributed by atoms with van der Waals surface area (Å²) in [4.78, 5) is 21.6. The number of nitrogens with zero attached hydrogens (tertiary/aromatic N) is 1. The number of carbonyl (C=O) groups is 1. The summed E-state index contributed by atoms with van der Waals surface area (Å²) in [6.45, 7) is 1.45. The predicted octanol–water partition coefficient (Wildman–Crippen LogP) is 2.53. The Hall–Kier alpha value is -2.43. The average molecular weight is 230 g/mol. The van der Waals surface area contributed by atoms with Gasteiger partial charge in [-0.15, -0.1) is 0 Å². The third kappa shape index (κ3) is 1.82. The molecule has 2 rings (SSSR count). The van der Waals surface area contributed by atoms with Crippen LogP contribution in [0.15, 0.2) is 30.3 Å². The molecule has 0 aliphatic rings. The van der Waals surface area contributed by atoms with Crippen LogP contribution in [0.3, 0.4) is 0 Å². The second kappa shape index (κ2) is 3.86. The number of nitrogens with two attached hydrogens (primary N) is 1. The molecule has 0 aliphatic heterocycles. The first kappa shape index (κ1) is 11.1. The maximum absolute atomic E-state index is 11.2. The Kier molecular flexibility index (Phi) is 2.51. The highest BCUT2D eigenvalue weighted by atomic mass is 16.6. The van der Waals surface area contributed by atoms with Gasteiger partial charge in [-0.05, 0) is 30.5 Å². The van der Waals surface area contributed by atoms with Crippen LogP contribution in [0.5, 0.6) is 0 Å². The fourth-order valence-corrected chi connectivity index (χ4v) is 1.75. The van der Waals surface area contributed by atoms with Crippen molar-refractivity contribution in [3.8, 4) is 0 Å². The van der Waals surface area contributed by atoms with Gasteiger partial charge >= 0.3 is 0 Å². The van der Waals surface area contributed by atoms with Crippen LogP contribution in [-0.2, 0) is 0 Å². The molecule has 0 heterocycles. The van der Waals surface area contributed by atoms with E-state index in [1.165, 1.54) is 13.0 Å².